The van der Waals surface area contributed by atoms with Crippen molar-refractivity contribution >= 4 is 39.6 Å². The van der Waals surface area contributed by atoms with Crippen LogP contribution in [0.3, 0.4) is 0 Å². The van der Waals surface area contributed by atoms with Gasteiger partial charge in [-0.25, -0.2) is 4.98 Å². The second kappa shape index (κ2) is 8.01. The first-order valence-electron chi connectivity index (χ1n) is 9.72. The van der Waals surface area contributed by atoms with Crippen LogP contribution in [0.25, 0.3) is 32.7 Å². The monoisotopic (exact) mass is 423 g/mol. The quantitative estimate of drug-likeness (QED) is 0.278. The molecule has 5 rings (SSSR count). The summed E-state index contributed by atoms with van der Waals surface area (Å²) in [5, 5.41) is 6.36. The molecule has 0 fully saturated rings. The molecule has 150 valence electrons. The molecule has 2 N–H and O–H groups in total. The van der Waals surface area contributed by atoms with Gasteiger partial charge in [0.15, 0.2) is 0 Å². The van der Waals surface area contributed by atoms with E-state index in [2.05, 4.69) is 10.3 Å². The SMILES string of the molecule is O=C(Nc1cccc(-c2csc(-c3ccccc3)n2)c1)C(=O)c1c[nH]c2ccccc12. The maximum atomic E-state index is 12.7. The van der Waals surface area contributed by atoms with E-state index < -0.39 is 11.7 Å². The van der Waals surface area contributed by atoms with Crippen LogP contribution in [0.1, 0.15) is 10.4 Å². The third-order valence-corrected chi connectivity index (χ3v) is 5.87. The highest BCUT2D eigenvalue weighted by molar-refractivity contribution is 7.13. The van der Waals surface area contributed by atoms with Crippen molar-refractivity contribution in [3.05, 3.63) is 96.0 Å². The first-order chi connectivity index (χ1) is 15.2. The van der Waals surface area contributed by atoms with Crippen molar-refractivity contribution in [2.24, 2.45) is 0 Å². The summed E-state index contributed by atoms with van der Waals surface area (Å²) in [7, 11) is 0. The maximum Gasteiger partial charge on any atom is 0.296 e. The van der Waals surface area contributed by atoms with Gasteiger partial charge in [-0.15, -0.1) is 11.3 Å². The Balaban J connectivity index is 1.36. The Morgan fingerprint density at radius 3 is 2.52 bits per heavy atom. The molecule has 31 heavy (non-hydrogen) atoms. The molecule has 2 aromatic heterocycles. The maximum absolute atomic E-state index is 12.7. The van der Waals surface area contributed by atoms with Crippen molar-refractivity contribution in [3.8, 4) is 21.8 Å². The molecule has 6 heteroatoms. The number of H-pyrrole nitrogens is 1. The Kier molecular flexibility index (Phi) is 4.90. The second-order valence-corrected chi connectivity index (χ2v) is 7.87. The molecule has 0 aliphatic heterocycles. The summed E-state index contributed by atoms with van der Waals surface area (Å²) in [4.78, 5) is 33.0. The van der Waals surface area contributed by atoms with Gasteiger partial charge in [0.05, 0.1) is 11.3 Å². The van der Waals surface area contributed by atoms with Crippen LogP contribution < -0.4 is 5.32 Å². The minimum Gasteiger partial charge on any atom is -0.360 e. The Labute approximate surface area is 182 Å². The van der Waals surface area contributed by atoms with Gasteiger partial charge in [-0.05, 0) is 18.2 Å². The van der Waals surface area contributed by atoms with Crippen LogP contribution in [-0.2, 0) is 4.79 Å². The van der Waals surface area contributed by atoms with E-state index in [9.17, 15) is 9.59 Å². The number of amides is 1. The van der Waals surface area contributed by atoms with Crippen LogP contribution >= 0.6 is 11.3 Å². The van der Waals surface area contributed by atoms with Gasteiger partial charge in [0.25, 0.3) is 11.7 Å². The van der Waals surface area contributed by atoms with Crippen molar-refractivity contribution in [2.75, 3.05) is 5.32 Å². The van der Waals surface area contributed by atoms with Crippen molar-refractivity contribution in [2.45, 2.75) is 0 Å². The lowest BCUT2D eigenvalue weighted by molar-refractivity contribution is -0.112. The lowest BCUT2D eigenvalue weighted by Crippen LogP contribution is -2.22. The zero-order valence-electron chi connectivity index (χ0n) is 16.3. The number of nitrogens with one attached hydrogen (secondary N) is 2. The molecule has 0 aliphatic rings. The number of hydrogen-bond acceptors (Lipinski definition) is 4. The van der Waals surface area contributed by atoms with E-state index in [1.807, 2.05) is 78.2 Å². The Morgan fingerprint density at radius 2 is 1.65 bits per heavy atom. The summed E-state index contributed by atoms with van der Waals surface area (Å²) in [6.45, 7) is 0. The summed E-state index contributed by atoms with van der Waals surface area (Å²) in [5.41, 5.74) is 4.48. The lowest BCUT2D eigenvalue weighted by Gasteiger charge is -2.06. The number of benzene rings is 3. The molecule has 5 nitrogen and oxygen atoms in total. The largest absolute Gasteiger partial charge is 0.360 e. The highest BCUT2D eigenvalue weighted by Gasteiger charge is 2.20. The number of ketones is 1. The van der Waals surface area contributed by atoms with E-state index in [0.717, 1.165) is 32.7 Å². The van der Waals surface area contributed by atoms with Gasteiger partial charge in [0, 0.05) is 39.3 Å². The normalized spacial score (nSPS) is 10.8. The number of carbonyl (C=O) groups excluding carboxylic acids is 2. The molecule has 0 aliphatic carbocycles. The van der Waals surface area contributed by atoms with Crippen LogP contribution in [0.5, 0.6) is 0 Å². The van der Waals surface area contributed by atoms with Gasteiger partial charge in [-0.1, -0.05) is 60.7 Å². The second-order valence-electron chi connectivity index (χ2n) is 7.02. The van der Waals surface area contributed by atoms with Gasteiger partial charge < -0.3 is 10.3 Å². The van der Waals surface area contributed by atoms with Gasteiger partial charge in [0.1, 0.15) is 5.01 Å². The minimum atomic E-state index is -0.676. The predicted molar refractivity (Wildman–Crippen MR) is 124 cm³/mol. The number of nitrogens with zero attached hydrogens (tertiary/aromatic N) is 1. The molecule has 0 unspecified atom stereocenters. The van der Waals surface area contributed by atoms with Gasteiger partial charge >= 0.3 is 0 Å². The lowest BCUT2D eigenvalue weighted by atomic mass is 10.1. The molecule has 0 saturated carbocycles. The number of carbonyl (C=O) groups is 2. The van der Waals surface area contributed by atoms with E-state index in [1.54, 1.807) is 23.6 Å². The van der Waals surface area contributed by atoms with Crippen LogP contribution in [0, 0.1) is 0 Å². The highest BCUT2D eigenvalue weighted by atomic mass is 32.1. The average molecular weight is 423 g/mol. The van der Waals surface area contributed by atoms with Gasteiger partial charge in [0.2, 0.25) is 0 Å². The summed E-state index contributed by atoms with van der Waals surface area (Å²) in [5.74, 6) is -1.26. The third-order valence-electron chi connectivity index (χ3n) is 4.98. The van der Waals surface area contributed by atoms with Gasteiger partial charge in [-0.3, -0.25) is 9.59 Å². The standard InChI is InChI=1S/C25H17N3O2S/c29-23(20-14-26-21-12-5-4-11-19(20)21)24(30)27-18-10-6-9-17(13-18)22-15-31-25(28-22)16-7-2-1-3-8-16/h1-15,26H,(H,27,30). The summed E-state index contributed by atoms with van der Waals surface area (Å²) in [6.07, 6.45) is 1.57. The number of hydrogen-bond donors (Lipinski definition) is 2. The van der Waals surface area contributed by atoms with E-state index in [0.29, 0.717) is 11.3 Å². The van der Waals surface area contributed by atoms with E-state index in [1.165, 1.54) is 0 Å². The summed E-state index contributed by atoms with van der Waals surface area (Å²) < 4.78 is 0. The fourth-order valence-corrected chi connectivity index (χ4v) is 4.28. The van der Waals surface area contributed by atoms with Crippen molar-refractivity contribution in [3.63, 3.8) is 0 Å². The molecular weight excluding hydrogens is 406 g/mol. The molecule has 0 saturated heterocycles. The van der Waals surface area contributed by atoms with Crippen LogP contribution in [0.2, 0.25) is 0 Å². The van der Waals surface area contributed by atoms with Crippen molar-refractivity contribution < 1.29 is 9.59 Å². The first kappa shape index (κ1) is 19.0. The van der Waals surface area contributed by atoms with Crippen LogP contribution in [0.15, 0.2) is 90.4 Å². The Bertz CT molecular complexity index is 1400. The first-order valence-corrected chi connectivity index (χ1v) is 10.6. The number of para-hydroxylation sites is 1. The average Bonchev–Trinajstić information content (AvgIpc) is 3.47. The minimum absolute atomic E-state index is 0.358. The number of fused-ring (bicyclic) bond motifs is 1. The zero-order valence-corrected chi connectivity index (χ0v) is 17.1. The molecule has 0 bridgehead atoms. The predicted octanol–water partition coefficient (Wildman–Crippen LogP) is 5.78. The van der Waals surface area contributed by atoms with E-state index in [4.69, 9.17) is 4.98 Å². The molecule has 0 radical (unpaired) electrons. The summed E-state index contributed by atoms with van der Waals surface area (Å²) in [6, 6.07) is 24.7. The molecule has 0 atom stereocenters. The fraction of sp³-hybridized carbons (Fsp3) is 0. The highest BCUT2D eigenvalue weighted by Crippen LogP contribution is 2.30. The Hall–Kier alpha value is -4.03. The third kappa shape index (κ3) is 3.76. The van der Waals surface area contributed by atoms with Crippen molar-refractivity contribution in [1.82, 2.24) is 9.97 Å². The number of thiazole rings is 1. The van der Waals surface area contributed by atoms with Crippen LogP contribution in [-0.4, -0.2) is 21.7 Å². The number of rotatable bonds is 5. The van der Waals surface area contributed by atoms with Crippen molar-refractivity contribution in [1.29, 1.82) is 0 Å². The molecule has 1 amide bonds. The molecule has 2 heterocycles. The van der Waals surface area contributed by atoms with Crippen LogP contribution in [0.4, 0.5) is 5.69 Å². The molecular formula is C25H17N3O2S. The topological polar surface area (TPSA) is 74.8 Å². The number of Topliss-reactive ketones (excluding diaryl/α,β-unsaturated/α-hetero) is 1. The summed E-state index contributed by atoms with van der Waals surface area (Å²) >= 11 is 1.57. The van der Waals surface area contributed by atoms with E-state index in [-0.39, 0.29) is 0 Å². The molecule has 5 aromatic rings. The zero-order chi connectivity index (χ0) is 21.2. The van der Waals surface area contributed by atoms with Gasteiger partial charge in [-0.2, -0.15) is 0 Å². The molecule has 0 spiro atoms. The van der Waals surface area contributed by atoms with E-state index >= 15 is 0 Å². The number of anilines is 1. The molecule has 3 aromatic carbocycles. The Morgan fingerprint density at radius 1 is 0.871 bits per heavy atom. The smallest absolute Gasteiger partial charge is 0.296 e. The number of aromatic nitrogens is 2. The fourth-order valence-electron chi connectivity index (χ4n) is 3.45. The number of aromatic amines is 1.